The molecule has 0 spiro atoms. The van der Waals surface area contributed by atoms with Crippen molar-refractivity contribution in [1.82, 2.24) is 20.5 Å². The number of benzene rings is 1. The number of hydrogen-bond donors (Lipinski definition) is 3. The fraction of sp³-hybridized carbons (Fsp3) is 0.600. The molecular formula is C25H33F3N6O3. The normalized spacial score (nSPS) is 24.9. The van der Waals surface area contributed by atoms with Crippen LogP contribution in [0.2, 0.25) is 0 Å². The molecule has 1 aliphatic heterocycles. The van der Waals surface area contributed by atoms with Gasteiger partial charge in [-0.2, -0.15) is 13.2 Å². The third-order valence-corrected chi connectivity index (χ3v) is 6.90. The highest BCUT2D eigenvalue weighted by Gasteiger charge is 2.43. The maximum atomic E-state index is 13.4. The molecule has 4 rings (SSSR count). The van der Waals surface area contributed by atoms with Gasteiger partial charge in [-0.25, -0.2) is 4.73 Å². The van der Waals surface area contributed by atoms with E-state index in [0.29, 0.717) is 30.5 Å². The van der Waals surface area contributed by atoms with Crippen molar-refractivity contribution in [2.45, 2.75) is 89.3 Å². The van der Waals surface area contributed by atoms with Gasteiger partial charge in [0.2, 0.25) is 11.8 Å². The number of alkyl halides is 3. The topological polar surface area (TPSA) is 113 Å². The Morgan fingerprint density at radius 3 is 2.57 bits per heavy atom. The molecule has 12 heteroatoms. The van der Waals surface area contributed by atoms with Crippen LogP contribution in [-0.4, -0.2) is 57.9 Å². The number of rotatable bonds is 5. The van der Waals surface area contributed by atoms with E-state index in [1.807, 2.05) is 0 Å². The summed E-state index contributed by atoms with van der Waals surface area (Å²) in [5, 5.41) is 21.7. The second-order valence-corrected chi connectivity index (χ2v) is 10.9. The van der Waals surface area contributed by atoms with Crippen molar-refractivity contribution in [3.05, 3.63) is 35.3 Å². The first-order chi connectivity index (χ1) is 17.2. The van der Waals surface area contributed by atoms with Gasteiger partial charge in [0.05, 0.1) is 23.0 Å². The van der Waals surface area contributed by atoms with E-state index in [4.69, 9.17) is 0 Å². The molecule has 3 N–H and O–H groups in total. The Hall–Kier alpha value is -3.15. The molecule has 2 aliphatic rings. The summed E-state index contributed by atoms with van der Waals surface area (Å²) in [4.78, 5) is 31.1. The van der Waals surface area contributed by atoms with Gasteiger partial charge in [0.1, 0.15) is 11.6 Å². The number of fused-ring (bicyclic) bond motifs is 1. The average Bonchev–Trinajstić information content (AvgIpc) is 3.13. The smallest absolute Gasteiger partial charge is 0.416 e. The lowest BCUT2D eigenvalue weighted by molar-refractivity contribution is -0.580. The molecule has 1 aromatic heterocycles. The molecule has 0 bridgehead atoms. The van der Waals surface area contributed by atoms with E-state index < -0.39 is 17.8 Å². The van der Waals surface area contributed by atoms with E-state index in [9.17, 15) is 28.0 Å². The second-order valence-electron chi connectivity index (χ2n) is 10.9. The van der Waals surface area contributed by atoms with Gasteiger partial charge in [0.25, 0.3) is 12.1 Å². The highest BCUT2D eigenvalue weighted by atomic mass is 19.4. The van der Waals surface area contributed by atoms with E-state index in [1.165, 1.54) is 6.92 Å². The summed E-state index contributed by atoms with van der Waals surface area (Å²) in [6.07, 6.45) is -0.985. The van der Waals surface area contributed by atoms with Crippen molar-refractivity contribution in [3.63, 3.8) is 0 Å². The lowest BCUT2D eigenvalue weighted by Gasteiger charge is -2.43. The van der Waals surface area contributed by atoms with Gasteiger partial charge >= 0.3 is 6.18 Å². The molecule has 4 atom stereocenters. The van der Waals surface area contributed by atoms with Crippen molar-refractivity contribution in [2.75, 3.05) is 11.9 Å². The van der Waals surface area contributed by atoms with Crippen LogP contribution in [0.3, 0.4) is 0 Å². The van der Waals surface area contributed by atoms with Crippen LogP contribution in [0.1, 0.15) is 58.9 Å². The first-order valence-electron chi connectivity index (χ1n) is 12.4. The number of amides is 2. The average molecular weight is 523 g/mol. The fourth-order valence-corrected chi connectivity index (χ4v) is 5.47. The molecule has 2 fully saturated rings. The molecule has 2 aromatic rings. The second kappa shape index (κ2) is 9.96. The number of anilines is 1. The van der Waals surface area contributed by atoms with Crippen LogP contribution in [0.4, 0.5) is 19.0 Å². The molecule has 0 unspecified atom stereocenters. The minimum atomic E-state index is -4.59. The van der Waals surface area contributed by atoms with Crippen LogP contribution in [-0.2, 0) is 15.8 Å². The summed E-state index contributed by atoms with van der Waals surface area (Å²) in [7, 11) is 0. The van der Waals surface area contributed by atoms with Crippen molar-refractivity contribution < 1.29 is 27.5 Å². The summed E-state index contributed by atoms with van der Waals surface area (Å²) in [5.41, 5.74) is -0.978. The molecule has 1 saturated carbocycles. The largest absolute Gasteiger partial charge is 0.710 e. The monoisotopic (exact) mass is 522 g/mol. The standard InChI is InChI=1S/C25H33F3N6O3/c1-14(35)30-19-12-16(32-24(2,3)4)6-8-21(19)33-10-9-18(23(33)36)31-22-17-11-15(25(26,27)28)5-7-20(17)34(37)13-29-22/h5,7,11,13,16,18-19,21,32H,6,8-10,12H2,1-4H3,(H,29,31)(H,30,35)/t16-,18+,19+,21+/m1/s1. The highest BCUT2D eigenvalue weighted by Crippen LogP contribution is 2.33. The number of carbonyl (C=O) groups excluding carboxylic acids is 2. The van der Waals surface area contributed by atoms with Crippen molar-refractivity contribution in [1.29, 1.82) is 0 Å². The summed E-state index contributed by atoms with van der Waals surface area (Å²) in [6, 6.07) is 1.88. The van der Waals surface area contributed by atoms with Gasteiger partial charge in [-0.05, 0) is 69.6 Å². The maximum absolute atomic E-state index is 13.4. The molecule has 1 aromatic carbocycles. The van der Waals surface area contributed by atoms with E-state index in [2.05, 4.69) is 41.7 Å². The number of carbonyl (C=O) groups is 2. The van der Waals surface area contributed by atoms with Crippen molar-refractivity contribution >= 4 is 28.5 Å². The maximum Gasteiger partial charge on any atom is 0.416 e. The van der Waals surface area contributed by atoms with Crippen LogP contribution in [0.5, 0.6) is 0 Å². The van der Waals surface area contributed by atoms with Crippen molar-refractivity contribution in [2.24, 2.45) is 0 Å². The highest BCUT2D eigenvalue weighted by molar-refractivity contribution is 5.92. The van der Waals surface area contributed by atoms with E-state index in [-0.39, 0.29) is 52.2 Å². The SMILES string of the molecule is CC(=O)N[C@H]1C[C@H](NC(C)(C)C)CC[C@@H]1N1CC[C@H](Nc2nc[n+]([O-])c3ccc(C(F)(F)F)cc23)C1=O. The zero-order valence-electron chi connectivity index (χ0n) is 21.4. The van der Waals surface area contributed by atoms with Gasteiger partial charge < -0.3 is 26.1 Å². The third-order valence-electron chi connectivity index (χ3n) is 6.90. The summed E-state index contributed by atoms with van der Waals surface area (Å²) < 4.78 is 40.3. The van der Waals surface area contributed by atoms with E-state index in [1.54, 1.807) is 4.90 Å². The number of hydrogen-bond acceptors (Lipinski definition) is 6. The van der Waals surface area contributed by atoms with Gasteiger partial charge in [-0.3, -0.25) is 9.59 Å². The van der Waals surface area contributed by atoms with Gasteiger partial charge in [-0.15, -0.1) is 0 Å². The van der Waals surface area contributed by atoms with Crippen LogP contribution >= 0.6 is 0 Å². The third kappa shape index (κ3) is 6.06. The Bertz CT molecular complexity index is 1180. The molecule has 2 amide bonds. The van der Waals surface area contributed by atoms with Crippen LogP contribution < -0.4 is 20.7 Å². The van der Waals surface area contributed by atoms with E-state index >= 15 is 0 Å². The lowest BCUT2D eigenvalue weighted by atomic mass is 9.84. The Morgan fingerprint density at radius 2 is 1.92 bits per heavy atom. The number of nitrogens with zero attached hydrogens (tertiary/aromatic N) is 3. The zero-order chi connectivity index (χ0) is 27.1. The van der Waals surface area contributed by atoms with Gasteiger partial charge in [0, 0.05) is 25.0 Å². The molecule has 1 aliphatic carbocycles. The molecule has 37 heavy (non-hydrogen) atoms. The summed E-state index contributed by atoms with van der Waals surface area (Å²) in [5.74, 6) is -0.327. The predicted octanol–water partition coefficient (Wildman–Crippen LogP) is 2.71. The van der Waals surface area contributed by atoms with Crippen LogP contribution in [0.15, 0.2) is 24.5 Å². The number of aromatic nitrogens is 2. The minimum Gasteiger partial charge on any atom is -0.710 e. The predicted molar refractivity (Wildman–Crippen MR) is 131 cm³/mol. The quantitative estimate of drug-likeness (QED) is 0.411. The molecule has 9 nitrogen and oxygen atoms in total. The first-order valence-corrected chi connectivity index (χ1v) is 12.4. The van der Waals surface area contributed by atoms with Gasteiger partial charge in [0.15, 0.2) is 0 Å². The Balaban J connectivity index is 1.54. The van der Waals surface area contributed by atoms with Crippen LogP contribution in [0, 0.1) is 5.21 Å². The Morgan fingerprint density at radius 1 is 1.19 bits per heavy atom. The van der Waals surface area contributed by atoms with Crippen LogP contribution in [0.25, 0.3) is 10.9 Å². The van der Waals surface area contributed by atoms with Crippen molar-refractivity contribution in [3.8, 4) is 0 Å². The summed E-state index contributed by atoms with van der Waals surface area (Å²) >= 11 is 0. The Labute approximate surface area is 213 Å². The Kier molecular flexibility index (Phi) is 7.24. The van der Waals surface area contributed by atoms with E-state index in [0.717, 1.165) is 30.9 Å². The molecule has 0 radical (unpaired) electrons. The first kappa shape index (κ1) is 26.9. The zero-order valence-corrected chi connectivity index (χ0v) is 21.4. The minimum absolute atomic E-state index is 0.0107. The van der Waals surface area contributed by atoms with Gasteiger partial charge in [-0.1, -0.05) is 0 Å². The molecule has 1 saturated heterocycles. The number of nitrogens with one attached hydrogen (secondary N) is 3. The lowest BCUT2D eigenvalue weighted by Crippen LogP contribution is -2.59. The fourth-order valence-electron chi connectivity index (χ4n) is 5.47. The number of likely N-dealkylation sites (tertiary alicyclic amines) is 1. The number of halogens is 3. The molecular weight excluding hydrogens is 489 g/mol. The summed E-state index contributed by atoms with van der Waals surface area (Å²) in [6.45, 7) is 8.15. The molecule has 202 valence electrons. The molecule has 2 heterocycles.